The molecule has 0 radical (unpaired) electrons. The lowest BCUT2D eigenvalue weighted by molar-refractivity contribution is 0.0940. The Labute approximate surface area is 188 Å². The lowest BCUT2D eigenvalue weighted by atomic mass is 10.1. The zero-order valence-electron chi connectivity index (χ0n) is 16.6. The molecular weight excluding hydrogens is 432 g/mol. The Morgan fingerprint density at radius 3 is 2.55 bits per heavy atom. The van der Waals surface area contributed by atoms with E-state index in [1.165, 1.54) is 11.3 Å². The Morgan fingerprint density at radius 1 is 1.06 bits per heavy atom. The molecule has 0 aliphatic heterocycles. The van der Waals surface area contributed by atoms with E-state index in [-0.39, 0.29) is 11.8 Å². The normalized spacial score (nSPS) is 11.7. The fourth-order valence-electron chi connectivity index (χ4n) is 3.16. The summed E-state index contributed by atoms with van der Waals surface area (Å²) in [5.74, 6) is 0.201. The number of amides is 2. The maximum Gasteiger partial charge on any atom is 0.265 e. The summed E-state index contributed by atoms with van der Waals surface area (Å²) in [7, 11) is 1.87. The number of hydrogen-bond acceptors (Lipinski definition) is 4. The van der Waals surface area contributed by atoms with Crippen LogP contribution in [-0.2, 0) is 7.05 Å². The van der Waals surface area contributed by atoms with Crippen LogP contribution in [0, 0.1) is 0 Å². The molecule has 0 unspecified atom stereocenters. The molecule has 2 aromatic heterocycles. The van der Waals surface area contributed by atoms with Crippen LogP contribution >= 0.6 is 22.9 Å². The number of rotatable bonds is 6. The number of imidazole rings is 1. The predicted molar refractivity (Wildman–Crippen MR) is 123 cm³/mol. The number of benzene rings is 2. The molecule has 2 amide bonds. The first-order valence-corrected chi connectivity index (χ1v) is 10.8. The van der Waals surface area contributed by atoms with Crippen molar-refractivity contribution in [1.29, 1.82) is 0 Å². The molecule has 2 heterocycles. The minimum absolute atomic E-state index is 0.209. The molecule has 0 bridgehead atoms. The van der Waals surface area contributed by atoms with Gasteiger partial charge in [0.05, 0.1) is 4.88 Å². The van der Waals surface area contributed by atoms with Crippen molar-refractivity contribution in [2.75, 3.05) is 5.32 Å². The highest BCUT2D eigenvalue weighted by molar-refractivity contribution is 7.12. The van der Waals surface area contributed by atoms with Gasteiger partial charge in [0.1, 0.15) is 11.9 Å². The van der Waals surface area contributed by atoms with Gasteiger partial charge in [-0.3, -0.25) is 9.59 Å². The first-order valence-electron chi connectivity index (χ1n) is 9.50. The van der Waals surface area contributed by atoms with Crippen molar-refractivity contribution in [1.82, 2.24) is 14.9 Å². The largest absolute Gasteiger partial charge is 0.338 e. The fraction of sp³-hybridized carbons (Fsp3) is 0.0870. The van der Waals surface area contributed by atoms with E-state index in [4.69, 9.17) is 11.6 Å². The molecule has 4 aromatic rings. The highest BCUT2D eigenvalue weighted by Crippen LogP contribution is 2.23. The first kappa shape index (κ1) is 20.8. The van der Waals surface area contributed by atoms with E-state index in [0.29, 0.717) is 27.0 Å². The summed E-state index contributed by atoms with van der Waals surface area (Å²) in [5.41, 5.74) is 1.83. The molecule has 4 rings (SSSR count). The van der Waals surface area contributed by atoms with Crippen molar-refractivity contribution in [2.24, 2.45) is 7.05 Å². The highest BCUT2D eigenvalue weighted by Gasteiger charge is 2.22. The van der Waals surface area contributed by atoms with Crippen molar-refractivity contribution in [3.63, 3.8) is 0 Å². The van der Waals surface area contributed by atoms with Gasteiger partial charge in [-0.05, 0) is 47.3 Å². The molecule has 0 saturated carbocycles. The number of nitrogens with zero attached hydrogens (tertiary/aromatic N) is 2. The second-order valence-electron chi connectivity index (χ2n) is 6.87. The molecule has 2 N–H and O–H groups in total. The molecule has 2 aromatic carbocycles. The van der Waals surface area contributed by atoms with E-state index in [0.717, 1.165) is 5.56 Å². The third kappa shape index (κ3) is 4.84. The molecule has 0 saturated heterocycles. The van der Waals surface area contributed by atoms with Gasteiger partial charge in [-0.15, -0.1) is 11.3 Å². The van der Waals surface area contributed by atoms with Crippen LogP contribution in [0.25, 0.3) is 0 Å². The number of halogens is 1. The van der Waals surface area contributed by atoms with Crippen LogP contribution < -0.4 is 10.6 Å². The summed E-state index contributed by atoms with van der Waals surface area (Å²) < 4.78 is 1.86. The predicted octanol–water partition coefficient (Wildman–Crippen LogP) is 4.91. The second-order valence-corrected chi connectivity index (χ2v) is 8.25. The van der Waals surface area contributed by atoms with Crippen LogP contribution in [0.15, 0.2) is 78.4 Å². The second kappa shape index (κ2) is 9.16. The van der Waals surface area contributed by atoms with Crippen LogP contribution in [-0.4, -0.2) is 21.4 Å². The molecule has 8 heteroatoms. The topological polar surface area (TPSA) is 76.0 Å². The molecule has 0 aliphatic carbocycles. The number of aromatic nitrogens is 2. The summed E-state index contributed by atoms with van der Waals surface area (Å²) in [6, 6.07) is 17.2. The van der Waals surface area contributed by atoms with Gasteiger partial charge >= 0.3 is 0 Å². The number of aryl methyl sites for hydroxylation is 1. The number of nitrogens with one attached hydrogen (secondary N) is 2. The van der Waals surface area contributed by atoms with E-state index in [2.05, 4.69) is 15.6 Å². The van der Waals surface area contributed by atoms with Crippen molar-refractivity contribution in [3.8, 4) is 0 Å². The van der Waals surface area contributed by atoms with Gasteiger partial charge in [-0.25, -0.2) is 4.98 Å². The first-order chi connectivity index (χ1) is 15.0. The van der Waals surface area contributed by atoms with Gasteiger partial charge in [0, 0.05) is 35.7 Å². The molecule has 0 spiro atoms. The Bertz CT molecular complexity index is 1200. The molecule has 156 valence electrons. The fourth-order valence-corrected chi connectivity index (χ4v) is 3.91. The van der Waals surface area contributed by atoms with E-state index in [1.807, 2.05) is 41.4 Å². The Kier molecular flexibility index (Phi) is 6.16. The number of carbonyl (C=O) groups is 2. The SMILES string of the molecule is Cn1ccnc1[C@@H](NC(=O)c1cccc(NC(=O)c2cccs2)c1)c1ccc(Cl)cc1. The van der Waals surface area contributed by atoms with Crippen molar-refractivity contribution >= 4 is 40.4 Å². The molecular formula is C23H19ClN4O2S. The molecule has 0 aliphatic rings. The Hall–Kier alpha value is -3.42. The summed E-state index contributed by atoms with van der Waals surface area (Å²) in [6.45, 7) is 0. The van der Waals surface area contributed by atoms with Crippen LogP contribution in [0.1, 0.15) is 37.5 Å². The summed E-state index contributed by atoms with van der Waals surface area (Å²) in [5, 5.41) is 8.33. The van der Waals surface area contributed by atoms with Crippen LogP contribution in [0.5, 0.6) is 0 Å². The quantitative estimate of drug-likeness (QED) is 0.438. The third-order valence-corrected chi connectivity index (χ3v) is 5.84. The van der Waals surface area contributed by atoms with Crippen LogP contribution in [0.4, 0.5) is 5.69 Å². The van der Waals surface area contributed by atoms with Gasteiger partial charge in [0.15, 0.2) is 0 Å². The lowest BCUT2D eigenvalue weighted by Gasteiger charge is -2.19. The number of anilines is 1. The minimum atomic E-state index is -0.464. The maximum atomic E-state index is 13.1. The summed E-state index contributed by atoms with van der Waals surface area (Å²) in [6.07, 6.45) is 3.51. The van der Waals surface area contributed by atoms with Crippen LogP contribution in [0.3, 0.4) is 0 Å². The average molecular weight is 451 g/mol. The molecule has 6 nitrogen and oxygen atoms in total. The van der Waals surface area contributed by atoms with Crippen LogP contribution in [0.2, 0.25) is 5.02 Å². The van der Waals surface area contributed by atoms with Gasteiger partial charge in [-0.2, -0.15) is 0 Å². The van der Waals surface area contributed by atoms with Crippen molar-refractivity contribution in [3.05, 3.63) is 105 Å². The van der Waals surface area contributed by atoms with Gasteiger partial charge in [0.25, 0.3) is 11.8 Å². The zero-order valence-corrected chi connectivity index (χ0v) is 18.2. The van der Waals surface area contributed by atoms with Gasteiger partial charge < -0.3 is 15.2 Å². The smallest absolute Gasteiger partial charge is 0.265 e. The van der Waals surface area contributed by atoms with Gasteiger partial charge in [0.2, 0.25) is 0 Å². The van der Waals surface area contributed by atoms with E-state index in [9.17, 15) is 9.59 Å². The monoisotopic (exact) mass is 450 g/mol. The van der Waals surface area contributed by atoms with Crippen molar-refractivity contribution < 1.29 is 9.59 Å². The molecule has 31 heavy (non-hydrogen) atoms. The standard InChI is InChI=1S/C23H19ClN4O2S/c1-28-12-11-25-21(28)20(15-7-9-17(24)10-8-15)27-22(29)16-4-2-5-18(14-16)26-23(30)19-6-3-13-31-19/h2-14,20H,1H3,(H,26,30)(H,27,29)/t20-/m0/s1. The van der Waals surface area contributed by atoms with Crippen molar-refractivity contribution in [2.45, 2.75) is 6.04 Å². The van der Waals surface area contributed by atoms with E-state index >= 15 is 0 Å². The van der Waals surface area contributed by atoms with Gasteiger partial charge in [-0.1, -0.05) is 35.9 Å². The molecule has 0 fully saturated rings. The molecule has 1 atom stereocenters. The number of thiophene rings is 1. The average Bonchev–Trinajstić information content (AvgIpc) is 3.45. The zero-order chi connectivity index (χ0) is 21.8. The summed E-state index contributed by atoms with van der Waals surface area (Å²) >= 11 is 7.39. The number of carbonyl (C=O) groups excluding carboxylic acids is 2. The van der Waals surface area contributed by atoms with E-state index in [1.54, 1.807) is 48.7 Å². The third-order valence-electron chi connectivity index (χ3n) is 4.72. The summed E-state index contributed by atoms with van der Waals surface area (Å²) in [4.78, 5) is 30.4. The lowest BCUT2D eigenvalue weighted by Crippen LogP contribution is -2.31. The Morgan fingerprint density at radius 2 is 1.87 bits per heavy atom. The highest BCUT2D eigenvalue weighted by atomic mass is 35.5. The van der Waals surface area contributed by atoms with E-state index < -0.39 is 6.04 Å². The maximum absolute atomic E-state index is 13.1. The number of hydrogen-bond donors (Lipinski definition) is 2. The Balaban J connectivity index is 1.57. The minimum Gasteiger partial charge on any atom is -0.338 e.